The van der Waals surface area contributed by atoms with Gasteiger partial charge in [-0.05, 0) is 73.6 Å². The van der Waals surface area contributed by atoms with Gasteiger partial charge in [-0.1, -0.05) is 71.8 Å². The third-order valence-electron chi connectivity index (χ3n) is 5.66. The van der Waals surface area contributed by atoms with Crippen LogP contribution >= 0.6 is 0 Å². The Labute approximate surface area is 145 Å². The number of unbranched alkanes of at least 4 members (excludes halogenated alkanes) is 1. The van der Waals surface area contributed by atoms with Gasteiger partial charge in [-0.25, -0.2) is 0 Å². The van der Waals surface area contributed by atoms with Gasteiger partial charge in [0.1, 0.15) is 0 Å². The van der Waals surface area contributed by atoms with Crippen LogP contribution in [0.25, 0.3) is 11.1 Å². The van der Waals surface area contributed by atoms with Crippen LogP contribution in [0.2, 0.25) is 0 Å². The maximum Gasteiger partial charge on any atom is -0.0225 e. The average molecular weight is 314 g/mol. The summed E-state index contributed by atoms with van der Waals surface area (Å²) in [7, 11) is 0. The molecule has 0 heterocycles. The Balaban J connectivity index is 1.30. The molecule has 122 valence electrons. The molecule has 0 aromatic heterocycles. The van der Waals surface area contributed by atoms with Crippen molar-refractivity contribution in [2.24, 2.45) is 0 Å². The van der Waals surface area contributed by atoms with Crippen molar-refractivity contribution >= 4 is 11.1 Å². The predicted octanol–water partition coefficient (Wildman–Crippen LogP) is 7.04. The second-order valence-corrected chi connectivity index (χ2v) is 7.10. The van der Waals surface area contributed by atoms with Crippen molar-refractivity contribution in [3.05, 3.63) is 82.9 Å². The van der Waals surface area contributed by atoms with Crippen LogP contribution < -0.4 is 0 Å². The highest BCUT2D eigenvalue weighted by atomic mass is 14.2. The molecule has 2 aliphatic carbocycles. The summed E-state index contributed by atoms with van der Waals surface area (Å²) < 4.78 is 0. The summed E-state index contributed by atoms with van der Waals surface area (Å²) in [5.41, 5.74) is 9.59. The molecule has 0 amide bonds. The molecule has 0 aliphatic heterocycles. The maximum atomic E-state index is 2.26. The van der Waals surface area contributed by atoms with Gasteiger partial charge >= 0.3 is 0 Å². The fourth-order valence-electron chi connectivity index (χ4n) is 4.06. The van der Waals surface area contributed by atoms with E-state index in [0.29, 0.717) is 0 Å². The van der Waals surface area contributed by atoms with Crippen LogP contribution in [0, 0.1) is 0 Å². The van der Waals surface area contributed by atoms with Crippen LogP contribution in [0.1, 0.15) is 62.5 Å². The molecule has 24 heavy (non-hydrogen) atoms. The van der Waals surface area contributed by atoms with E-state index in [9.17, 15) is 0 Å². The van der Waals surface area contributed by atoms with E-state index in [2.05, 4.69) is 60.7 Å². The minimum atomic E-state index is 1.28. The molecule has 0 heteroatoms. The van der Waals surface area contributed by atoms with Crippen molar-refractivity contribution in [3.8, 4) is 0 Å². The molecule has 2 aliphatic rings. The lowest BCUT2D eigenvalue weighted by molar-refractivity contribution is 0.666. The SMILES string of the molecule is c1ccc(C2=C(CCCCC3=C(c4ccccc4)CC3)CC2)cc1. The molecule has 0 fully saturated rings. The molecule has 0 unspecified atom stereocenters. The fraction of sp³-hybridized carbons (Fsp3) is 0.333. The van der Waals surface area contributed by atoms with Crippen molar-refractivity contribution in [1.82, 2.24) is 0 Å². The topological polar surface area (TPSA) is 0 Å². The van der Waals surface area contributed by atoms with E-state index in [1.165, 1.54) is 62.5 Å². The number of hydrogen-bond donors (Lipinski definition) is 0. The van der Waals surface area contributed by atoms with Gasteiger partial charge in [-0.15, -0.1) is 0 Å². The molecule has 0 spiro atoms. The van der Waals surface area contributed by atoms with Gasteiger partial charge in [0.25, 0.3) is 0 Å². The standard InChI is InChI=1S/C24H26/c1-3-9-19(10-4-1)23-17-15-21(23)13-7-8-14-22-16-18-24(22)20-11-5-2-6-12-20/h1-6,9-12H,7-8,13-18H2. The first-order valence-electron chi connectivity index (χ1n) is 9.44. The van der Waals surface area contributed by atoms with Crippen LogP contribution in [-0.2, 0) is 0 Å². The van der Waals surface area contributed by atoms with E-state index in [-0.39, 0.29) is 0 Å². The average Bonchev–Trinajstić information content (AvgIpc) is 2.58. The third-order valence-corrected chi connectivity index (χ3v) is 5.66. The summed E-state index contributed by atoms with van der Waals surface area (Å²) >= 11 is 0. The van der Waals surface area contributed by atoms with Crippen LogP contribution in [0.3, 0.4) is 0 Å². The second-order valence-electron chi connectivity index (χ2n) is 7.10. The van der Waals surface area contributed by atoms with Crippen molar-refractivity contribution in [2.75, 3.05) is 0 Å². The van der Waals surface area contributed by atoms with Gasteiger partial charge in [-0.2, -0.15) is 0 Å². The Morgan fingerprint density at radius 2 is 0.917 bits per heavy atom. The van der Waals surface area contributed by atoms with E-state index >= 15 is 0 Å². The summed E-state index contributed by atoms with van der Waals surface area (Å²) in [6.07, 6.45) is 10.5. The van der Waals surface area contributed by atoms with Crippen LogP contribution in [-0.4, -0.2) is 0 Å². The molecule has 0 saturated heterocycles. The van der Waals surface area contributed by atoms with Gasteiger partial charge in [0.05, 0.1) is 0 Å². The van der Waals surface area contributed by atoms with Crippen LogP contribution in [0.4, 0.5) is 0 Å². The van der Waals surface area contributed by atoms with E-state index < -0.39 is 0 Å². The van der Waals surface area contributed by atoms with Crippen molar-refractivity contribution in [1.29, 1.82) is 0 Å². The number of rotatable bonds is 7. The molecule has 0 atom stereocenters. The van der Waals surface area contributed by atoms with Crippen molar-refractivity contribution < 1.29 is 0 Å². The van der Waals surface area contributed by atoms with Crippen LogP contribution in [0.5, 0.6) is 0 Å². The lowest BCUT2D eigenvalue weighted by Gasteiger charge is -2.26. The normalized spacial score (nSPS) is 16.8. The summed E-state index contributed by atoms with van der Waals surface area (Å²) in [5.74, 6) is 0. The first-order chi connectivity index (χ1) is 11.9. The minimum Gasteiger partial charge on any atom is -0.0661 e. The zero-order chi connectivity index (χ0) is 16.2. The highest BCUT2D eigenvalue weighted by Crippen LogP contribution is 2.41. The summed E-state index contributed by atoms with van der Waals surface area (Å²) in [6.45, 7) is 0. The number of benzene rings is 2. The third kappa shape index (κ3) is 3.24. The predicted molar refractivity (Wildman–Crippen MR) is 104 cm³/mol. The van der Waals surface area contributed by atoms with Gasteiger partial charge in [0, 0.05) is 0 Å². The molecule has 0 bridgehead atoms. The molecule has 0 nitrogen and oxygen atoms in total. The van der Waals surface area contributed by atoms with Crippen LogP contribution in [0.15, 0.2) is 71.8 Å². The number of hydrogen-bond acceptors (Lipinski definition) is 0. The lowest BCUT2D eigenvalue weighted by Crippen LogP contribution is -2.05. The Kier molecular flexibility index (Phi) is 4.64. The van der Waals surface area contributed by atoms with E-state index in [1.54, 1.807) is 22.3 Å². The molecule has 0 radical (unpaired) electrons. The summed E-state index contributed by atoms with van der Waals surface area (Å²) in [6, 6.07) is 21.9. The Morgan fingerprint density at radius 1 is 0.500 bits per heavy atom. The highest BCUT2D eigenvalue weighted by molar-refractivity contribution is 5.74. The van der Waals surface area contributed by atoms with Crippen molar-refractivity contribution in [2.45, 2.75) is 51.4 Å². The lowest BCUT2D eigenvalue weighted by atomic mass is 9.79. The minimum absolute atomic E-state index is 1.28. The van der Waals surface area contributed by atoms with E-state index in [4.69, 9.17) is 0 Å². The molecule has 2 aromatic rings. The molecule has 0 N–H and O–H groups in total. The first kappa shape index (κ1) is 15.4. The second kappa shape index (κ2) is 7.21. The Hall–Kier alpha value is -2.08. The summed E-state index contributed by atoms with van der Waals surface area (Å²) in [5, 5.41) is 0. The molecule has 4 rings (SSSR count). The first-order valence-corrected chi connectivity index (χ1v) is 9.44. The van der Waals surface area contributed by atoms with Gasteiger partial charge in [0.2, 0.25) is 0 Å². The van der Waals surface area contributed by atoms with Gasteiger partial charge in [0.15, 0.2) is 0 Å². The number of allylic oxidation sites excluding steroid dienone is 4. The maximum absolute atomic E-state index is 2.26. The monoisotopic (exact) mass is 314 g/mol. The molecule has 0 saturated carbocycles. The smallest absolute Gasteiger partial charge is 0.0225 e. The molecular formula is C24H26. The quantitative estimate of drug-likeness (QED) is 0.481. The highest BCUT2D eigenvalue weighted by Gasteiger charge is 2.19. The van der Waals surface area contributed by atoms with E-state index in [1.807, 2.05) is 0 Å². The Bertz CT molecular complexity index is 680. The molecule has 2 aromatic carbocycles. The summed E-state index contributed by atoms with van der Waals surface area (Å²) in [4.78, 5) is 0. The van der Waals surface area contributed by atoms with Gasteiger partial charge in [-0.3, -0.25) is 0 Å². The Morgan fingerprint density at radius 3 is 1.25 bits per heavy atom. The van der Waals surface area contributed by atoms with Gasteiger partial charge < -0.3 is 0 Å². The zero-order valence-electron chi connectivity index (χ0n) is 14.4. The zero-order valence-corrected chi connectivity index (χ0v) is 14.4. The van der Waals surface area contributed by atoms with E-state index in [0.717, 1.165) is 0 Å². The van der Waals surface area contributed by atoms with Crippen molar-refractivity contribution in [3.63, 3.8) is 0 Å². The fourth-order valence-corrected chi connectivity index (χ4v) is 4.06. The molecular weight excluding hydrogens is 288 g/mol. The largest absolute Gasteiger partial charge is 0.0661 e.